The van der Waals surface area contributed by atoms with Crippen molar-refractivity contribution in [3.8, 4) is 0 Å². The van der Waals surface area contributed by atoms with Gasteiger partial charge in [0.05, 0.1) is 12.1 Å². The summed E-state index contributed by atoms with van der Waals surface area (Å²) in [4.78, 5) is 45.5. The molecule has 4 amide bonds. The molecule has 136 valence electrons. The Morgan fingerprint density at radius 1 is 0.792 bits per heavy atom. The Morgan fingerprint density at radius 3 is 1.71 bits per heavy atom. The molecular weight excluding hydrogens is 320 g/mol. The molecule has 5 N–H and O–H groups in total. The summed E-state index contributed by atoms with van der Waals surface area (Å²) in [7, 11) is 0. The molecule has 1 fully saturated rings. The van der Waals surface area contributed by atoms with Crippen LogP contribution < -0.4 is 21.3 Å². The second-order valence-electron chi connectivity index (χ2n) is 5.68. The zero-order valence-electron chi connectivity index (χ0n) is 14.1. The standard InChI is InChI=1S/C14H24N4O6/c1-6(19)15-5-10-11(16-7(2)20)12(17-8(3)21)13(14(23)24-10)18-9(4)22/h10-14,23H,5H2,1-4H3,(H,15,19)(H,16,20)(H,17,21)(H,18,22)/t10-,11-,12-,13+,14+/m1/s1. The number of aliphatic hydroxyl groups is 1. The maximum atomic E-state index is 11.5. The van der Waals surface area contributed by atoms with Crippen LogP contribution in [0.5, 0.6) is 0 Å². The molecule has 0 aromatic rings. The number of rotatable bonds is 5. The van der Waals surface area contributed by atoms with Gasteiger partial charge in [0.1, 0.15) is 12.1 Å². The number of carbonyl (C=O) groups excluding carboxylic acids is 4. The number of ether oxygens (including phenoxy) is 1. The van der Waals surface area contributed by atoms with Crippen molar-refractivity contribution >= 4 is 23.6 Å². The van der Waals surface area contributed by atoms with Gasteiger partial charge in [-0.25, -0.2) is 0 Å². The van der Waals surface area contributed by atoms with E-state index in [2.05, 4.69) is 21.3 Å². The number of carbonyl (C=O) groups is 4. The van der Waals surface area contributed by atoms with Gasteiger partial charge < -0.3 is 31.1 Å². The quantitative estimate of drug-likeness (QED) is 0.368. The predicted octanol–water partition coefficient (Wildman–Crippen LogP) is -2.65. The van der Waals surface area contributed by atoms with E-state index in [1.54, 1.807) is 0 Å². The first-order chi connectivity index (χ1) is 11.1. The summed E-state index contributed by atoms with van der Waals surface area (Å²) in [6, 6.07) is -2.55. The minimum absolute atomic E-state index is 0.0141. The van der Waals surface area contributed by atoms with Gasteiger partial charge in [0.2, 0.25) is 23.6 Å². The van der Waals surface area contributed by atoms with Gasteiger partial charge in [-0.3, -0.25) is 19.2 Å². The van der Waals surface area contributed by atoms with E-state index in [1.807, 2.05) is 0 Å². The lowest BCUT2D eigenvalue weighted by Gasteiger charge is -2.45. The maximum Gasteiger partial charge on any atom is 0.217 e. The van der Waals surface area contributed by atoms with Crippen molar-refractivity contribution < 1.29 is 29.0 Å². The van der Waals surface area contributed by atoms with Crippen LogP contribution in [0.25, 0.3) is 0 Å². The van der Waals surface area contributed by atoms with Crippen LogP contribution >= 0.6 is 0 Å². The van der Waals surface area contributed by atoms with Crippen molar-refractivity contribution in [3.63, 3.8) is 0 Å². The molecule has 0 unspecified atom stereocenters. The van der Waals surface area contributed by atoms with Crippen LogP contribution in [0.3, 0.4) is 0 Å². The molecular formula is C14H24N4O6. The molecule has 10 heteroatoms. The van der Waals surface area contributed by atoms with Gasteiger partial charge in [0, 0.05) is 34.2 Å². The summed E-state index contributed by atoms with van der Waals surface area (Å²) in [5.74, 6) is -1.53. The third-order valence-electron chi connectivity index (χ3n) is 3.46. The fraction of sp³-hybridized carbons (Fsp3) is 0.714. The van der Waals surface area contributed by atoms with E-state index in [1.165, 1.54) is 27.7 Å². The Morgan fingerprint density at radius 2 is 1.25 bits per heavy atom. The fourth-order valence-electron chi connectivity index (χ4n) is 2.63. The van der Waals surface area contributed by atoms with Crippen LogP contribution in [0, 0.1) is 0 Å². The number of nitrogens with one attached hydrogen (secondary N) is 4. The van der Waals surface area contributed by atoms with Crippen molar-refractivity contribution in [2.24, 2.45) is 0 Å². The lowest BCUT2D eigenvalue weighted by atomic mass is 9.90. The topological polar surface area (TPSA) is 146 Å². The monoisotopic (exact) mass is 344 g/mol. The molecule has 5 atom stereocenters. The maximum absolute atomic E-state index is 11.5. The van der Waals surface area contributed by atoms with Crippen molar-refractivity contribution in [2.45, 2.75) is 58.2 Å². The van der Waals surface area contributed by atoms with Gasteiger partial charge in [0.15, 0.2) is 6.29 Å². The number of aliphatic hydroxyl groups excluding tert-OH is 1. The molecule has 0 aromatic carbocycles. The molecule has 1 heterocycles. The predicted molar refractivity (Wildman–Crippen MR) is 82.4 cm³/mol. The first kappa shape index (κ1) is 19.8. The zero-order valence-corrected chi connectivity index (χ0v) is 14.1. The summed E-state index contributed by atoms with van der Waals surface area (Å²) in [5.41, 5.74) is 0. The number of hydrogen-bond donors (Lipinski definition) is 5. The van der Waals surface area contributed by atoms with Crippen LogP contribution in [0.1, 0.15) is 27.7 Å². The second kappa shape index (κ2) is 8.60. The summed E-state index contributed by atoms with van der Waals surface area (Å²) < 4.78 is 5.44. The molecule has 0 spiro atoms. The van der Waals surface area contributed by atoms with E-state index in [9.17, 15) is 24.3 Å². The molecule has 24 heavy (non-hydrogen) atoms. The summed E-state index contributed by atoms with van der Waals surface area (Å²) in [6.07, 6.45) is -2.22. The average molecular weight is 344 g/mol. The highest BCUT2D eigenvalue weighted by Gasteiger charge is 2.46. The SMILES string of the molecule is CC(=O)NC[C@H]1O[C@H](O)[C@@H](NC(C)=O)[C@H](NC(C)=O)[C@@H]1NC(C)=O. The van der Waals surface area contributed by atoms with Crippen molar-refractivity contribution in [1.29, 1.82) is 0 Å². The van der Waals surface area contributed by atoms with Gasteiger partial charge in [0.25, 0.3) is 0 Å². The van der Waals surface area contributed by atoms with E-state index < -0.39 is 42.3 Å². The first-order valence-corrected chi connectivity index (χ1v) is 7.51. The van der Waals surface area contributed by atoms with Gasteiger partial charge in [-0.05, 0) is 0 Å². The second-order valence-corrected chi connectivity index (χ2v) is 5.68. The van der Waals surface area contributed by atoms with Crippen LogP contribution in [-0.2, 0) is 23.9 Å². The Labute approximate surface area is 139 Å². The van der Waals surface area contributed by atoms with Gasteiger partial charge in [-0.15, -0.1) is 0 Å². The molecule has 1 aliphatic rings. The van der Waals surface area contributed by atoms with Crippen molar-refractivity contribution in [2.75, 3.05) is 6.54 Å². The molecule has 0 aromatic heterocycles. The van der Waals surface area contributed by atoms with E-state index in [4.69, 9.17) is 4.74 Å². The highest BCUT2D eigenvalue weighted by atomic mass is 16.6. The number of amides is 4. The van der Waals surface area contributed by atoms with Crippen LogP contribution in [0.15, 0.2) is 0 Å². The fourth-order valence-corrected chi connectivity index (χ4v) is 2.63. The Hall–Kier alpha value is -2.20. The first-order valence-electron chi connectivity index (χ1n) is 7.51. The Balaban J connectivity index is 3.11. The van der Waals surface area contributed by atoms with Crippen LogP contribution in [0.4, 0.5) is 0 Å². The van der Waals surface area contributed by atoms with E-state index in [0.717, 1.165) is 0 Å². The third kappa shape index (κ3) is 5.78. The molecule has 0 saturated carbocycles. The minimum atomic E-state index is -1.42. The van der Waals surface area contributed by atoms with E-state index in [0.29, 0.717) is 0 Å². The smallest absolute Gasteiger partial charge is 0.217 e. The van der Waals surface area contributed by atoms with Crippen LogP contribution in [0.2, 0.25) is 0 Å². The minimum Gasteiger partial charge on any atom is -0.366 e. The number of hydrogen-bond acceptors (Lipinski definition) is 6. The summed E-state index contributed by atoms with van der Waals surface area (Å²) >= 11 is 0. The Kier molecular flexibility index (Phi) is 7.11. The van der Waals surface area contributed by atoms with E-state index in [-0.39, 0.29) is 18.4 Å². The molecule has 10 nitrogen and oxygen atoms in total. The van der Waals surface area contributed by atoms with Crippen molar-refractivity contribution in [1.82, 2.24) is 21.3 Å². The lowest BCUT2D eigenvalue weighted by Crippen LogP contribution is -2.73. The zero-order chi connectivity index (χ0) is 18.4. The lowest BCUT2D eigenvalue weighted by molar-refractivity contribution is -0.197. The van der Waals surface area contributed by atoms with Gasteiger partial charge in [-0.1, -0.05) is 0 Å². The highest BCUT2D eigenvalue weighted by molar-refractivity contribution is 5.76. The average Bonchev–Trinajstić information content (AvgIpc) is 2.42. The molecule has 0 radical (unpaired) electrons. The highest BCUT2D eigenvalue weighted by Crippen LogP contribution is 2.20. The molecule has 1 saturated heterocycles. The molecule has 0 aliphatic carbocycles. The molecule has 1 rings (SSSR count). The largest absolute Gasteiger partial charge is 0.366 e. The van der Waals surface area contributed by atoms with Gasteiger partial charge in [-0.2, -0.15) is 0 Å². The van der Waals surface area contributed by atoms with Crippen molar-refractivity contribution in [3.05, 3.63) is 0 Å². The van der Waals surface area contributed by atoms with Gasteiger partial charge >= 0.3 is 0 Å². The normalized spacial score (nSPS) is 29.3. The summed E-state index contributed by atoms with van der Waals surface area (Å²) in [5, 5.41) is 20.5. The van der Waals surface area contributed by atoms with Crippen LogP contribution in [-0.4, -0.2) is 65.8 Å². The summed E-state index contributed by atoms with van der Waals surface area (Å²) in [6.45, 7) is 5.16. The van der Waals surface area contributed by atoms with E-state index >= 15 is 0 Å². The molecule has 0 bridgehead atoms. The third-order valence-corrected chi connectivity index (χ3v) is 3.46. The molecule has 1 aliphatic heterocycles. The Bertz CT molecular complexity index is 511.